The van der Waals surface area contributed by atoms with Crippen LogP contribution in [-0.2, 0) is 0 Å². The molecule has 0 spiro atoms. The quantitative estimate of drug-likeness (QED) is 0.545. The molecule has 0 fully saturated rings. The molecule has 0 aliphatic heterocycles. The molecule has 0 amide bonds. The van der Waals surface area contributed by atoms with Crippen molar-refractivity contribution in [1.82, 2.24) is 0 Å². The molecule has 0 N–H and O–H groups in total. The van der Waals surface area contributed by atoms with Gasteiger partial charge in [0.05, 0.1) is 4.92 Å². The van der Waals surface area contributed by atoms with E-state index < -0.39 is 4.92 Å². The molecule has 0 aliphatic carbocycles. The van der Waals surface area contributed by atoms with Gasteiger partial charge in [0.25, 0.3) is 0 Å². The fourth-order valence-electron chi connectivity index (χ4n) is 1.81. The minimum atomic E-state index is -0.496. The minimum absolute atomic E-state index is 0.118. The van der Waals surface area contributed by atoms with Gasteiger partial charge in [-0.05, 0) is 43.2 Å². The zero-order valence-corrected chi connectivity index (χ0v) is 13.2. The van der Waals surface area contributed by atoms with Gasteiger partial charge >= 0.3 is 5.69 Å². The molecule has 0 aliphatic rings. The third kappa shape index (κ3) is 3.11. The number of nitro groups is 1. The Labute approximate surface area is 129 Å². The van der Waals surface area contributed by atoms with E-state index in [0.29, 0.717) is 10.8 Å². The van der Waals surface area contributed by atoms with Crippen molar-refractivity contribution < 1.29 is 9.66 Å². The van der Waals surface area contributed by atoms with Crippen LogP contribution >= 0.6 is 27.5 Å². The number of ether oxygens (including phenoxy) is 1. The molecular weight excluding hydrogens is 346 g/mol. The van der Waals surface area contributed by atoms with Crippen molar-refractivity contribution in [2.75, 3.05) is 0 Å². The summed E-state index contributed by atoms with van der Waals surface area (Å²) in [7, 11) is 0. The number of aryl methyl sites for hydroxylation is 2. The third-order valence-corrected chi connectivity index (χ3v) is 4.24. The Balaban J connectivity index is 2.44. The molecule has 0 saturated heterocycles. The first kappa shape index (κ1) is 14.8. The van der Waals surface area contributed by atoms with Gasteiger partial charge < -0.3 is 4.74 Å². The molecule has 104 valence electrons. The average molecular weight is 357 g/mol. The summed E-state index contributed by atoms with van der Waals surface area (Å²) in [6, 6.07) is 7.84. The topological polar surface area (TPSA) is 52.4 Å². The highest BCUT2D eigenvalue weighted by Crippen LogP contribution is 2.35. The number of nitrogens with zero attached hydrogens (tertiary/aromatic N) is 1. The number of benzene rings is 2. The summed E-state index contributed by atoms with van der Waals surface area (Å²) in [6.07, 6.45) is 0. The van der Waals surface area contributed by atoms with Gasteiger partial charge in [-0.2, -0.15) is 0 Å². The van der Waals surface area contributed by atoms with E-state index >= 15 is 0 Å². The molecular formula is C14H11BrClNO3. The lowest BCUT2D eigenvalue weighted by Crippen LogP contribution is -1.94. The smallest absolute Gasteiger partial charge is 0.311 e. The first-order chi connectivity index (χ1) is 9.38. The molecule has 0 unspecified atom stereocenters. The maximum atomic E-state index is 11.0. The number of halogens is 2. The van der Waals surface area contributed by atoms with E-state index in [1.54, 1.807) is 0 Å². The number of hydrogen-bond acceptors (Lipinski definition) is 3. The third-order valence-electron chi connectivity index (χ3n) is 2.76. The normalized spacial score (nSPS) is 10.4. The Morgan fingerprint density at radius 3 is 2.35 bits per heavy atom. The Morgan fingerprint density at radius 2 is 1.80 bits per heavy atom. The lowest BCUT2D eigenvalue weighted by atomic mass is 10.1. The Bertz CT molecular complexity index is 665. The summed E-state index contributed by atoms with van der Waals surface area (Å²) in [5.41, 5.74) is 1.86. The van der Waals surface area contributed by atoms with Crippen LogP contribution in [0, 0.1) is 24.0 Å². The fourth-order valence-corrected chi connectivity index (χ4v) is 2.20. The van der Waals surface area contributed by atoms with Crippen molar-refractivity contribution in [2.45, 2.75) is 13.8 Å². The van der Waals surface area contributed by atoms with E-state index in [9.17, 15) is 10.1 Å². The number of rotatable bonds is 3. The van der Waals surface area contributed by atoms with Gasteiger partial charge in [0.15, 0.2) is 0 Å². The zero-order chi connectivity index (χ0) is 14.9. The Morgan fingerprint density at radius 1 is 1.20 bits per heavy atom. The minimum Gasteiger partial charge on any atom is -0.450 e. The standard InChI is InChI=1S/C14H11BrClNO3/c1-8-5-11(6-9(2)14(8)15)20-13-7-10(16)3-4-12(13)17(18)19/h3-7H,1-2H3. The zero-order valence-electron chi connectivity index (χ0n) is 10.8. The highest BCUT2D eigenvalue weighted by molar-refractivity contribution is 9.10. The van der Waals surface area contributed by atoms with Gasteiger partial charge in [0, 0.05) is 21.6 Å². The van der Waals surface area contributed by atoms with Crippen molar-refractivity contribution in [3.63, 3.8) is 0 Å². The summed E-state index contributed by atoms with van der Waals surface area (Å²) in [4.78, 5) is 10.5. The average Bonchev–Trinajstić information content (AvgIpc) is 2.35. The summed E-state index contributed by atoms with van der Waals surface area (Å²) < 4.78 is 6.61. The van der Waals surface area contributed by atoms with Crippen LogP contribution < -0.4 is 4.74 Å². The van der Waals surface area contributed by atoms with Gasteiger partial charge in [-0.1, -0.05) is 27.5 Å². The molecule has 0 radical (unpaired) electrons. The van der Waals surface area contributed by atoms with Gasteiger partial charge in [-0.25, -0.2) is 0 Å². The van der Waals surface area contributed by atoms with Crippen LogP contribution in [0.3, 0.4) is 0 Å². The lowest BCUT2D eigenvalue weighted by Gasteiger charge is -2.10. The second-order valence-electron chi connectivity index (χ2n) is 4.34. The van der Waals surface area contributed by atoms with E-state index in [4.69, 9.17) is 16.3 Å². The summed E-state index contributed by atoms with van der Waals surface area (Å²) in [5, 5.41) is 11.4. The molecule has 0 bridgehead atoms. The van der Waals surface area contributed by atoms with Crippen LogP contribution in [0.1, 0.15) is 11.1 Å². The van der Waals surface area contributed by atoms with Gasteiger partial charge in [-0.15, -0.1) is 0 Å². The molecule has 2 aromatic rings. The van der Waals surface area contributed by atoms with Gasteiger partial charge in [-0.3, -0.25) is 10.1 Å². The second-order valence-corrected chi connectivity index (χ2v) is 5.57. The monoisotopic (exact) mass is 355 g/mol. The molecule has 2 rings (SSSR count). The molecule has 4 nitrogen and oxygen atoms in total. The van der Waals surface area contributed by atoms with Crippen molar-refractivity contribution in [1.29, 1.82) is 0 Å². The van der Waals surface area contributed by atoms with Crippen LogP contribution in [0.5, 0.6) is 11.5 Å². The molecule has 6 heteroatoms. The summed E-state index contributed by atoms with van der Waals surface area (Å²) in [5.74, 6) is 0.664. The van der Waals surface area contributed by atoms with Crippen molar-refractivity contribution in [3.8, 4) is 11.5 Å². The maximum Gasteiger partial charge on any atom is 0.311 e. The van der Waals surface area contributed by atoms with E-state index in [-0.39, 0.29) is 11.4 Å². The summed E-state index contributed by atoms with van der Waals surface area (Å²) >= 11 is 9.33. The highest BCUT2D eigenvalue weighted by atomic mass is 79.9. The summed E-state index contributed by atoms with van der Waals surface area (Å²) in [6.45, 7) is 3.85. The van der Waals surface area contributed by atoms with Crippen LogP contribution in [0.25, 0.3) is 0 Å². The molecule has 20 heavy (non-hydrogen) atoms. The largest absolute Gasteiger partial charge is 0.450 e. The van der Waals surface area contributed by atoms with E-state index in [0.717, 1.165) is 15.6 Å². The van der Waals surface area contributed by atoms with Crippen molar-refractivity contribution >= 4 is 33.2 Å². The van der Waals surface area contributed by atoms with Crippen LogP contribution in [0.2, 0.25) is 5.02 Å². The Kier molecular flexibility index (Phi) is 4.30. The molecule has 0 atom stereocenters. The SMILES string of the molecule is Cc1cc(Oc2cc(Cl)ccc2[N+](=O)[O-])cc(C)c1Br. The molecule has 0 heterocycles. The van der Waals surface area contributed by atoms with Crippen molar-refractivity contribution in [3.05, 3.63) is 61.1 Å². The van der Waals surface area contributed by atoms with Crippen LogP contribution in [0.4, 0.5) is 5.69 Å². The van der Waals surface area contributed by atoms with E-state index in [1.807, 2.05) is 26.0 Å². The van der Waals surface area contributed by atoms with E-state index in [1.165, 1.54) is 18.2 Å². The van der Waals surface area contributed by atoms with Crippen molar-refractivity contribution in [2.24, 2.45) is 0 Å². The maximum absolute atomic E-state index is 11.0. The molecule has 2 aromatic carbocycles. The Hall–Kier alpha value is -1.59. The predicted molar refractivity (Wildman–Crippen MR) is 81.8 cm³/mol. The van der Waals surface area contributed by atoms with Gasteiger partial charge in [0.1, 0.15) is 5.75 Å². The molecule has 0 aromatic heterocycles. The number of nitro benzene ring substituents is 1. The van der Waals surface area contributed by atoms with Crippen LogP contribution in [-0.4, -0.2) is 4.92 Å². The molecule has 0 saturated carbocycles. The first-order valence-corrected chi connectivity index (χ1v) is 6.94. The highest BCUT2D eigenvalue weighted by Gasteiger charge is 2.16. The predicted octanol–water partition coefficient (Wildman–Crippen LogP) is 5.42. The first-order valence-electron chi connectivity index (χ1n) is 5.77. The van der Waals surface area contributed by atoms with E-state index in [2.05, 4.69) is 15.9 Å². The second kappa shape index (κ2) is 5.81. The lowest BCUT2D eigenvalue weighted by molar-refractivity contribution is -0.385. The number of hydrogen-bond donors (Lipinski definition) is 0. The van der Waals surface area contributed by atoms with Crippen LogP contribution in [0.15, 0.2) is 34.8 Å². The van der Waals surface area contributed by atoms with Gasteiger partial charge in [0.2, 0.25) is 5.75 Å². The fraction of sp³-hybridized carbons (Fsp3) is 0.143.